The van der Waals surface area contributed by atoms with Crippen LogP contribution in [0.25, 0.3) is 0 Å². The highest BCUT2D eigenvalue weighted by Crippen LogP contribution is 2.28. The summed E-state index contributed by atoms with van der Waals surface area (Å²) in [6.07, 6.45) is 0.504. The minimum atomic E-state index is -0.914. The van der Waals surface area contributed by atoms with E-state index in [2.05, 4.69) is 5.32 Å². The molecule has 0 bridgehead atoms. The second-order valence-corrected chi connectivity index (χ2v) is 5.40. The summed E-state index contributed by atoms with van der Waals surface area (Å²) in [4.78, 5) is 21.5. The Balaban J connectivity index is 2.82. The zero-order valence-corrected chi connectivity index (χ0v) is 12.1. The van der Waals surface area contributed by atoms with Crippen LogP contribution in [0.3, 0.4) is 0 Å². The first kappa shape index (κ1) is 16.2. The van der Waals surface area contributed by atoms with Gasteiger partial charge in [0.25, 0.3) is 5.69 Å². The third-order valence-corrected chi connectivity index (χ3v) is 3.04. The average molecular weight is 301 g/mol. The molecule has 0 spiro atoms. The molecule has 1 aromatic carbocycles. The lowest BCUT2D eigenvalue weighted by molar-refractivity contribution is -0.383. The molecule has 1 atom stereocenters. The third-order valence-electron chi connectivity index (χ3n) is 2.80. The highest BCUT2D eigenvalue weighted by Gasteiger charge is 2.21. The molecule has 0 amide bonds. The minimum Gasteiger partial charge on any atom is -0.481 e. The maximum Gasteiger partial charge on any atom is 0.308 e. The van der Waals surface area contributed by atoms with E-state index >= 15 is 0 Å². The van der Waals surface area contributed by atoms with Crippen molar-refractivity contribution in [3.8, 4) is 0 Å². The van der Waals surface area contributed by atoms with Crippen LogP contribution in [-0.2, 0) is 4.79 Å². The summed E-state index contributed by atoms with van der Waals surface area (Å²) < 4.78 is 0. The molecular weight excluding hydrogens is 284 g/mol. The van der Waals surface area contributed by atoms with E-state index in [9.17, 15) is 14.9 Å². The van der Waals surface area contributed by atoms with Gasteiger partial charge in [-0.25, -0.2) is 0 Å². The van der Waals surface area contributed by atoms with Crippen molar-refractivity contribution >= 4 is 28.9 Å². The van der Waals surface area contributed by atoms with Crippen LogP contribution in [0.15, 0.2) is 18.2 Å². The first-order valence-electron chi connectivity index (χ1n) is 6.22. The zero-order chi connectivity index (χ0) is 15.3. The molecule has 0 heterocycles. The second kappa shape index (κ2) is 7.09. The largest absolute Gasteiger partial charge is 0.481 e. The Kier molecular flexibility index (Phi) is 5.76. The van der Waals surface area contributed by atoms with Gasteiger partial charge in [-0.15, -0.1) is 0 Å². The number of hydrogen-bond acceptors (Lipinski definition) is 4. The first-order chi connectivity index (χ1) is 9.31. The fourth-order valence-corrected chi connectivity index (χ4v) is 2.05. The molecule has 0 radical (unpaired) electrons. The predicted molar refractivity (Wildman–Crippen MR) is 77.2 cm³/mol. The van der Waals surface area contributed by atoms with Gasteiger partial charge in [-0.3, -0.25) is 14.9 Å². The van der Waals surface area contributed by atoms with Gasteiger partial charge in [0.2, 0.25) is 0 Å². The minimum absolute atomic E-state index is 0.135. The molecule has 1 aromatic rings. The molecule has 20 heavy (non-hydrogen) atoms. The predicted octanol–water partition coefficient (Wildman–Crippen LogP) is 3.41. The van der Waals surface area contributed by atoms with Crippen molar-refractivity contribution < 1.29 is 14.8 Å². The van der Waals surface area contributed by atoms with E-state index in [1.54, 1.807) is 0 Å². The summed E-state index contributed by atoms with van der Waals surface area (Å²) in [6.45, 7) is 4.00. The van der Waals surface area contributed by atoms with Gasteiger partial charge in [0.05, 0.1) is 10.8 Å². The Labute approximate surface area is 121 Å². The van der Waals surface area contributed by atoms with Crippen molar-refractivity contribution in [3.63, 3.8) is 0 Å². The number of benzene rings is 1. The topological polar surface area (TPSA) is 92.5 Å². The molecule has 7 heteroatoms. The number of nitrogens with zero attached hydrogens (tertiary/aromatic N) is 1. The molecule has 2 N–H and O–H groups in total. The van der Waals surface area contributed by atoms with Crippen LogP contribution in [0.2, 0.25) is 5.02 Å². The van der Waals surface area contributed by atoms with Gasteiger partial charge in [-0.2, -0.15) is 0 Å². The van der Waals surface area contributed by atoms with Crippen molar-refractivity contribution in [2.24, 2.45) is 11.8 Å². The Bertz CT molecular complexity index is 505. The average Bonchev–Trinajstić information content (AvgIpc) is 2.34. The van der Waals surface area contributed by atoms with Crippen LogP contribution in [0, 0.1) is 22.0 Å². The number of nitrogens with one attached hydrogen (secondary N) is 1. The smallest absolute Gasteiger partial charge is 0.308 e. The fraction of sp³-hybridized carbons (Fsp3) is 0.462. The van der Waals surface area contributed by atoms with Crippen LogP contribution in [0.5, 0.6) is 0 Å². The van der Waals surface area contributed by atoms with Crippen LogP contribution in [-0.4, -0.2) is 22.5 Å². The van der Waals surface area contributed by atoms with Crippen molar-refractivity contribution in [2.45, 2.75) is 20.3 Å². The van der Waals surface area contributed by atoms with Gasteiger partial charge < -0.3 is 10.4 Å². The van der Waals surface area contributed by atoms with E-state index < -0.39 is 16.8 Å². The molecule has 110 valence electrons. The van der Waals surface area contributed by atoms with Crippen LogP contribution in [0.4, 0.5) is 11.4 Å². The summed E-state index contributed by atoms with van der Waals surface area (Å²) in [7, 11) is 0. The number of nitro groups is 1. The molecule has 0 aliphatic rings. The van der Waals surface area contributed by atoms with Gasteiger partial charge >= 0.3 is 5.97 Å². The van der Waals surface area contributed by atoms with Gasteiger partial charge in [0, 0.05) is 17.6 Å². The van der Waals surface area contributed by atoms with Crippen LogP contribution >= 0.6 is 11.6 Å². The number of hydrogen-bond donors (Lipinski definition) is 2. The highest BCUT2D eigenvalue weighted by atomic mass is 35.5. The standard InChI is InChI=1S/C13H17ClN2O4/c1-8(2)5-9(13(17)18)7-15-11-4-3-10(14)6-12(11)16(19)20/h3-4,6,8-9,15H,5,7H2,1-2H3,(H,17,18). The summed E-state index contributed by atoms with van der Waals surface area (Å²) >= 11 is 5.72. The fourth-order valence-electron chi connectivity index (χ4n) is 1.88. The zero-order valence-electron chi connectivity index (χ0n) is 11.3. The van der Waals surface area contributed by atoms with Crippen molar-refractivity contribution in [2.75, 3.05) is 11.9 Å². The number of carbonyl (C=O) groups is 1. The van der Waals surface area contributed by atoms with Crippen molar-refractivity contribution in [1.82, 2.24) is 0 Å². The van der Waals surface area contributed by atoms with Crippen molar-refractivity contribution in [3.05, 3.63) is 33.3 Å². The third kappa shape index (κ3) is 4.70. The number of nitro benzene ring substituents is 1. The normalized spacial score (nSPS) is 12.2. The maximum absolute atomic E-state index is 11.1. The molecule has 0 aliphatic heterocycles. The lowest BCUT2D eigenvalue weighted by atomic mass is 9.97. The molecule has 1 unspecified atom stereocenters. The Morgan fingerprint density at radius 3 is 2.65 bits per heavy atom. The molecule has 6 nitrogen and oxygen atoms in total. The SMILES string of the molecule is CC(C)CC(CNc1ccc(Cl)cc1[N+](=O)[O-])C(=O)O. The Hall–Kier alpha value is -1.82. The van der Waals surface area contributed by atoms with E-state index in [0.717, 1.165) is 0 Å². The number of carboxylic acids is 1. The number of carboxylic acid groups (broad SMARTS) is 1. The maximum atomic E-state index is 11.1. The molecule has 0 saturated carbocycles. The molecule has 1 rings (SSSR count). The highest BCUT2D eigenvalue weighted by molar-refractivity contribution is 6.30. The lowest BCUT2D eigenvalue weighted by Gasteiger charge is -2.16. The van der Waals surface area contributed by atoms with E-state index in [1.807, 2.05) is 13.8 Å². The number of halogens is 1. The van der Waals surface area contributed by atoms with Gasteiger partial charge in [0.1, 0.15) is 5.69 Å². The van der Waals surface area contributed by atoms with Gasteiger partial charge in [-0.05, 0) is 24.5 Å². The summed E-state index contributed by atoms with van der Waals surface area (Å²) in [5.74, 6) is -1.27. The number of rotatable bonds is 7. The summed E-state index contributed by atoms with van der Waals surface area (Å²) in [5, 5.41) is 23.1. The van der Waals surface area contributed by atoms with E-state index in [0.29, 0.717) is 6.42 Å². The Morgan fingerprint density at radius 1 is 1.50 bits per heavy atom. The van der Waals surface area contributed by atoms with E-state index in [-0.39, 0.29) is 28.9 Å². The molecule has 0 saturated heterocycles. The lowest BCUT2D eigenvalue weighted by Crippen LogP contribution is -2.24. The number of aliphatic carboxylic acids is 1. The van der Waals surface area contributed by atoms with Gasteiger partial charge in [-0.1, -0.05) is 25.4 Å². The monoisotopic (exact) mass is 300 g/mol. The van der Waals surface area contributed by atoms with E-state index in [4.69, 9.17) is 16.7 Å². The second-order valence-electron chi connectivity index (χ2n) is 4.96. The molecular formula is C13H17ClN2O4. The Morgan fingerprint density at radius 2 is 2.15 bits per heavy atom. The van der Waals surface area contributed by atoms with Crippen LogP contribution in [0.1, 0.15) is 20.3 Å². The molecule has 0 aliphatic carbocycles. The summed E-state index contributed by atoms with van der Waals surface area (Å²) in [5.41, 5.74) is 0.112. The molecule has 0 fully saturated rings. The van der Waals surface area contributed by atoms with E-state index in [1.165, 1.54) is 18.2 Å². The molecule has 0 aromatic heterocycles. The quantitative estimate of drug-likeness (QED) is 0.594. The van der Waals surface area contributed by atoms with Crippen molar-refractivity contribution in [1.29, 1.82) is 0 Å². The summed E-state index contributed by atoms with van der Waals surface area (Å²) in [6, 6.07) is 4.24. The van der Waals surface area contributed by atoms with Gasteiger partial charge in [0.15, 0.2) is 0 Å². The first-order valence-corrected chi connectivity index (χ1v) is 6.59. The number of anilines is 1. The van der Waals surface area contributed by atoms with Crippen LogP contribution < -0.4 is 5.32 Å².